The van der Waals surface area contributed by atoms with Crippen LogP contribution < -0.4 is 21.3 Å². The molecule has 0 bridgehead atoms. The summed E-state index contributed by atoms with van der Waals surface area (Å²) in [5.74, 6) is 0.279. The highest BCUT2D eigenvalue weighted by atomic mass is 16.2. The molecule has 0 atom stereocenters. The molecule has 8 heteroatoms. The van der Waals surface area contributed by atoms with Crippen molar-refractivity contribution in [2.45, 2.75) is 70.9 Å². The molecule has 8 nitrogen and oxygen atoms in total. The maximum Gasteiger partial charge on any atom is 0.321 e. The topological polar surface area (TPSA) is 103 Å². The standard InChI is InChI=1S/C24H37N5O3/c1-17(2)16-25-22(30)18-8-10-20(11-9-18)28-24(32)29-14-12-21(13-15-29)27-23(31)26-19-6-4-3-5-7-19/h8-11,17,19,21H,3-7,12-16H2,1-2H3,(H,25,30)(H,28,32)(H2,26,27,31). The number of likely N-dealkylation sites (tertiary alicyclic amines) is 1. The molecule has 3 rings (SSSR count). The van der Waals surface area contributed by atoms with E-state index in [2.05, 4.69) is 21.3 Å². The number of benzene rings is 1. The smallest absolute Gasteiger partial charge is 0.321 e. The van der Waals surface area contributed by atoms with Gasteiger partial charge in [-0.15, -0.1) is 0 Å². The normalized spacial score (nSPS) is 17.7. The summed E-state index contributed by atoms with van der Waals surface area (Å²) in [6, 6.07) is 7.05. The zero-order chi connectivity index (χ0) is 22.9. The van der Waals surface area contributed by atoms with Crippen LogP contribution in [-0.2, 0) is 0 Å². The molecular weight excluding hydrogens is 406 g/mol. The Morgan fingerprint density at radius 2 is 1.50 bits per heavy atom. The first-order chi connectivity index (χ1) is 15.4. The monoisotopic (exact) mass is 443 g/mol. The van der Waals surface area contributed by atoms with Gasteiger partial charge in [0.25, 0.3) is 5.91 Å². The Balaban J connectivity index is 1.38. The second kappa shape index (κ2) is 11.7. The van der Waals surface area contributed by atoms with E-state index < -0.39 is 0 Å². The highest BCUT2D eigenvalue weighted by molar-refractivity contribution is 5.95. The Morgan fingerprint density at radius 1 is 0.906 bits per heavy atom. The fraction of sp³-hybridized carbons (Fsp3) is 0.625. The van der Waals surface area contributed by atoms with Crippen molar-refractivity contribution in [3.63, 3.8) is 0 Å². The van der Waals surface area contributed by atoms with Crippen LogP contribution in [0.15, 0.2) is 24.3 Å². The van der Waals surface area contributed by atoms with Crippen molar-refractivity contribution in [2.24, 2.45) is 5.92 Å². The molecule has 1 aliphatic carbocycles. The Bertz CT molecular complexity index is 766. The number of rotatable bonds is 6. The predicted octanol–water partition coefficient (Wildman–Crippen LogP) is 3.70. The Labute approximate surface area is 190 Å². The quantitative estimate of drug-likeness (QED) is 0.539. The second-order valence-corrected chi connectivity index (χ2v) is 9.33. The van der Waals surface area contributed by atoms with Gasteiger partial charge >= 0.3 is 12.1 Å². The molecule has 0 radical (unpaired) electrons. The van der Waals surface area contributed by atoms with Gasteiger partial charge in [-0.25, -0.2) is 9.59 Å². The number of carbonyl (C=O) groups is 3. The van der Waals surface area contributed by atoms with E-state index >= 15 is 0 Å². The molecule has 1 aromatic carbocycles. The molecule has 0 unspecified atom stereocenters. The summed E-state index contributed by atoms with van der Waals surface area (Å²) < 4.78 is 0. The van der Waals surface area contributed by atoms with Crippen molar-refractivity contribution >= 4 is 23.7 Å². The molecule has 1 aromatic rings. The number of amides is 5. The summed E-state index contributed by atoms with van der Waals surface area (Å²) in [5, 5.41) is 11.9. The molecule has 1 heterocycles. The molecule has 0 aromatic heterocycles. The lowest BCUT2D eigenvalue weighted by Gasteiger charge is -2.33. The first-order valence-corrected chi connectivity index (χ1v) is 11.9. The van der Waals surface area contributed by atoms with Crippen LogP contribution in [0.2, 0.25) is 0 Å². The van der Waals surface area contributed by atoms with Crippen LogP contribution in [0.4, 0.5) is 15.3 Å². The van der Waals surface area contributed by atoms with Crippen molar-refractivity contribution in [2.75, 3.05) is 25.0 Å². The molecular formula is C24H37N5O3. The maximum absolute atomic E-state index is 12.6. The van der Waals surface area contributed by atoms with Crippen LogP contribution in [0.3, 0.4) is 0 Å². The third kappa shape index (κ3) is 7.43. The number of hydrogen-bond donors (Lipinski definition) is 4. The van der Waals surface area contributed by atoms with Crippen LogP contribution in [0, 0.1) is 5.92 Å². The fourth-order valence-corrected chi connectivity index (χ4v) is 4.19. The van der Waals surface area contributed by atoms with E-state index in [9.17, 15) is 14.4 Å². The third-order valence-electron chi connectivity index (χ3n) is 6.13. The van der Waals surface area contributed by atoms with Gasteiger partial charge in [0.1, 0.15) is 0 Å². The lowest BCUT2D eigenvalue weighted by Crippen LogP contribution is -2.51. The van der Waals surface area contributed by atoms with Gasteiger partial charge in [-0.05, 0) is 55.9 Å². The molecule has 0 spiro atoms. The summed E-state index contributed by atoms with van der Waals surface area (Å²) in [5.41, 5.74) is 1.23. The average Bonchev–Trinajstić information content (AvgIpc) is 2.79. The van der Waals surface area contributed by atoms with Gasteiger partial charge in [0.2, 0.25) is 0 Å². The summed E-state index contributed by atoms with van der Waals surface area (Å²) >= 11 is 0. The maximum atomic E-state index is 12.6. The van der Waals surface area contributed by atoms with E-state index in [0.29, 0.717) is 42.8 Å². The summed E-state index contributed by atoms with van der Waals surface area (Å²) in [4.78, 5) is 38.7. The number of carbonyl (C=O) groups excluding carboxylic acids is 3. The predicted molar refractivity (Wildman–Crippen MR) is 126 cm³/mol. The lowest BCUT2D eigenvalue weighted by atomic mass is 9.96. The van der Waals surface area contributed by atoms with Gasteiger partial charge in [-0.2, -0.15) is 0 Å². The van der Waals surface area contributed by atoms with Gasteiger partial charge < -0.3 is 26.2 Å². The second-order valence-electron chi connectivity index (χ2n) is 9.33. The highest BCUT2D eigenvalue weighted by Crippen LogP contribution is 2.18. The minimum Gasteiger partial charge on any atom is -0.352 e. The largest absolute Gasteiger partial charge is 0.352 e. The number of hydrogen-bond acceptors (Lipinski definition) is 3. The zero-order valence-electron chi connectivity index (χ0n) is 19.3. The Kier molecular flexibility index (Phi) is 8.76. The van der Waals surface area contributed by atoms with Crippen LogP contribution in [-0.4, -0.2) is 54.6 Å². The molecule has 1 saturated heterocycles. The minimum absolute atomic E-state index is 0.0858. The van der Waals surface area contributed by atoms with Gasteiger partial charge in [-0.3, -0.25) is 4.79 Å². The summed E-state index contributed by atoms with van der Waals surface area (Å²) in [7, 11) is 0. The van der Waals surface area contributed by atoms with E-state index in [4.69, 9.17) is 0 Å². The number of urea groups is 2. The zero-order valence-corrected chi connectivity index (χ0v) is 19.3. The number of anilines is 1. The minimum atomic E-state index is -0.160. The van der Waals surface area contributed by atoms with E-state index in [-0.39, 0.29) is 24.0 Å². The van der Waals surface area contributed by atoms with Crippen molar-refractivity contribution in [1.29, 1.82) is 0 Å². The molecule has 1 saturated carbocycles. The van der Waals surface area contributed by atoms with Gasteiger partial charge in [0.15, 0.2) is 0 Å². The summed E-state index contributed by atoms with van der Waals surface area (Å²) in [6.07, 6.45) is 7.24. The first kappa shape index (κ1) is 23.9. The van der Waals surface area contributed by atoms with Crippen molar-refractivity contribution < 1.29 is 14.4 Å². The first-order valence-electron chi connectivity index (χ1n) is 11.9. The van der Waals surface area contributed by atoms with E-state index in [1.165, 1.54) is 19.3 Å². The van der Waals surface area contributed by atoms with Crippen molar-refractivity contribution in [1.82, 2.24) is 20.9 Å². The molecule has 176 valence electrons. The van der Waals surface area contributed by atoms with Gasteiger partial charge in [0.05, 0.1) is 0 Å². The van der Waals surface area contributed by atoms with Crippen LogP contribution >= 0.6 is 0 Å². The Morgan fingerprint density at radius 3 is 2.09 bits per heavy atom. The highest BCUT2D eigenvalue weighted by Gasteiger charge is 2.25. The third-order valence-corrected chi connectivity index (χ3v) is 6.13. The van der Waals surface area contributed by atoms with Crippen molar-refractivity contribution in [3.05, 3.63) is 29.8 Å². The number of nitrogens with one attached hydrogen (secondary N) is 4. The van der Waals surface area contributed by atoms with Crippen LogP contribution in [0.5, 0.6) is 0 Å². The molecule has 2 aliphatic rings. The van der Waals surface area contributed by atoms with Gasteiger partial charge in [0, 0.05) is 43.0 Å². The molecule has 4 N–H and O–H groups in total. The molecule has 32 heavy (non-hydrogen) atoms. The average molecular weight is 444 g/mol. The number of piperidine rings is 1. The van der Waals surface area contributed by atoms with E-state index in [0.717, 1.165) is 25.7 Å². The van der Waals surface area contributed by atoms with Crippen LogP contribution in [0.25, 0.3) is 0 Å². The molecule has 1 aliphatic heterocycles. The van der Waals surface area contributed by atoms with Crippen LogP contribution in [0.1, 0.15) is 69.2 Å². The lowest BCUT2D eigenvalue weighted by molar-refractivity contribution is 0.0949. The molecule has 2 fully saturated rings. The Hall–Kier alpha value is -2.77. The SMILES string of the molecule is CC(C)CNC(=O)c1ccc(NC(=O)N2CCC(NC(=O)NC3CCCCC3)CC2)cc1. The van der Waals surface area contributed by atoms with Gasteiger partial charge in [-0.1, -0.05) is 33.1 Å². The fourth-order valence-electron chi connectivity index (χ4n) is 4.19. The van der Waals surface area contributed by atoms with E-state index in [1.54, 1.807) is 29.2 Å². The van der Waals surface area contributed by atoms with Crippen molar-refractivity contribution in [3.8, 4) is 0 Å². The summed E-state index contributed by atoms with van der Waals surface area (Å²) in [6.45, 7) is 5.91. The molecule has 5 amide bonds. The van der Waals surface area contributed by atoms with E-state index in [1.807, 2.05) is 13.8 Å². The number of nitrogens with zero attached hydrogens (tertiary/aromatic N) is 1.